The molecule has 6 heteroatoms. The zero-order chi connectivity index (χ0) is 15.1. The Kier molecular flexibility index (Phi) is 3.68. The normalized spacial score (nSPS) is 13.0. The van der Waals surface area contributed by atoms with Crippen LogP contribution in [-0.2, 0) is 6.54 Å². The van der Waals surface area contributed by atoms with E-state index in [1.807, 2.05) is 30.5 Å². The van der Waals surface area contributed by atoms with Crippen molar-refractivity contribution < 1.29 is 8.81 Å². The first-order chi connectivity index (χ1) is 9.95. The average molecular weight is 327 g/mol. The van der Waals surface area contributed by atoms with E-state index < -0.39 is 5.82 Å². The summed E-state index contributed by atoms with van der Waals surface area (Å²) in [6.45, 7) is 4.18. The van der Waals surface area contributed by atoms with Crippen molar-refractivity contribution >= 4 is 34.2 Å². The molecule has 1 aromatic carbocycles. The van der Waals surface area contributed by atoms with Crippen LogP contribution in [0.25, 0.3) is 11.0 Å². The molecule has 0 bridgehead atoms. The lowest BCUT2D eigenvalue weighted by molar-refractivity contribution is 0.469. The van der Waals surface area contributed by atoms with E-state index in [1.54, 1.807) is 6.07 Å². The molecule has 0 saturated carbocycles. The van der Waals surface area contributed by atoms with Gasteiger partial charge >= 0.3 is 0 Å². The fourth-order valence-electron chi connectivity index (χ4n) is 2.33. The Labute approximate surface area is 131 Å². The van der Waals surface area contributed by atoms with Gasteiger partial charge in [-0.05, 0) is 32.0 Å². The third-order valence-corrected chi connectivity index (χ3v) is 3.77. The van der Waals surface area contributed by atoms with Crippen LogP contribution in [-0.4, -0.2) is 9.55 Å². The quantitative estimate of drug-likeness (QED) is 0.628. The Morgan fingerprint density at radius 2 is 2.14 bits per heavy atom. The molecule has 0 amide bonds. The first kappa shape index (κ1) is 14.4. The van der Waals surface area contributed by atoms with Crippen LogP contribution in [0, 0.1) is 12.7 Å². The molecular formula is C15H13Cl2FN2O. The van der Waals surface area contributed by atoms with Gasteiger partial charge < -0.3 is 8.98 Å². The molecule has 0 radical (unpaired) electrons. The van der Waals surface area contributed by atoms with Gasteiger partial charge in [0.05, 0.1) is 28.0 Å². The van der Waals surface area contributed by atoms with Gasteiger partial charge in [-0.3, -0.25) is 0 Å². The molecule has 2 aromatic heterocycles. The second-order valence-electron chi connectivity index (χ2n) is 4.94. The number of furan rings is 1. The van der Waals surface area contributed by atoms with Gasteiger partial charge in [-0.2, -0.15) is 0 Å². The summed E-state index contributed by atoms with van der Waals surface area (Å²) in [5.41, 5.74) is 1.26. The molecular weight excluding hydrogens is 314 g/mol. The number of nitrogens with zero attached hydrogens (tertiary/aromatic N) is 2. The highest BCUT2D eigenvalue weighted by Gasteiger charge is 2.18. The molecule has 2 heterocycles. The molecule has 0 N–H and O–H groups in total. The highest BCUT2D eigenvalue weighted by atomic mass is 35.5. The molecule has 3 nitrogen and oxygen atoms in total. The largest absolute Gasteiger partial charge is 0.464 e. The van der Waals surface area contributed by atoms with Crippen LogP contribution in [0.3, 0.4) is 0 Å². The lowest BCUT2D eigenvalue weighted by Crippen LogP contribution is -2.05. The van der Waals surface area contributed by atoms with Crippen molar-refractivity contribution in [3.63, 3.8) is 0 Å². The Balaban J connectivity index is 2.17. The smallest absolute Gasteiger partial charge is 0.144 e. The van der Waals surface area contributed by atoms with Gasteiger partial charge in [0.25, 0.3) is 0 Å². The number of fused-ring (bicyclic) bond motifs is 1. The van der Waals surface area contributed by atoms with Crippen LogP contribution in [0.1, 0.15) is 29.6 Å². The zero-order valence-electron chi connectivity index (χ0n) is 11.5. The first-order valence-corrected chi connectivity index (χ1v) is 7.31. The van der Waals surface area contributed by atoms with Gasteiger partial charge in [-0.25, -0.2) is 9.37 Å². The minimum atomic E-state index is -0.489. The number of hydrogen-bond acceptors (Lipinski definition) is 2. The highest BCUT2D eigenvalue weighted by Crippen LogP contribution is 2.29. The van der Waals surface area contributed by atoms with Gasteiger partial charge in [0, 0.05) is 6.07 Å². The molecule has 0 fully saturated rings. The van der Waals surface area contributed by atoms with Gasteiger partial charge in [0.2, 0.25) is 0 Å². The van der Waals surface area contributed by atoms with E-state index in [-0.39, 0.29) is 10.4 Å². The maximum Gasteiger partial charge on any atom is 0.144 e. The predicted octanol–water partition coefficient (Wildman–Crippen LogP) is 5.08. The van der Waals surface area contributed by atoms with E-state index in [9.17, 15) is 4.39 Å². The molecule has 21 heavy (non-hydrogen) atoms. The van der Waals surface area contributed by atoms with Crippen molar-refractivity contribution in [1.29, 1.82) is 0 Å². The van der Waals surface area contributed by atoms with Gasteiger partial charge in [0.15, 0.2) is 0 Å². The SMILES string of the molecule is Cc1ccc(Cn2c(C(C)Cl)nc3cc(F)c(Cl)cc32)o1. The molecule has 1 atom stereocenters. The summed E-state index contributed by atoms with van der Waals surface area (Å²) < 4.78 is 21.1. The topological polar surface area (TPSA) is 31.0 Å². The summed E-state index contributed by atoms with van der Waals surface area (Å²) in [6, 6.07) is 6.68. The van der Waals surface area contributed by atoms with Gasteiger partial charge in [-0.1, -0.05) is 11.6 Å². The van der Waals surface area contributed by atoms with E-state index in [0.29, 0.717) is 17.9 Å². The Morgan fingerprint density at radius 1 is 1.38 bits per heavy atom. The average Bonchev–Trinajstić information content (AvgIpc) is 2.96. The molecule has 3 rings (SSSR count). The number of hydrogen-bond donors (Lipinski definition) is 0. The third kappa shape index (κ3) is 2.65. The molecule has 3 aromatic rings. The van der Waals surface area contributed by atoms with Crippen molar-refractivity contribution in [3.8, 4) is 0 Å². The lowest BCUT2D eigenvalue weighted by atomic mass is 10.3. The van der Waals surface area contributed by atoms with Crippen LogP contribution in [0.15, 0.2) is 28.7 Å². The van der Waals surface area contributed by atoms with E-state index >= 15 is 0 Å². The minimum absolute atomic E-state index is 0.0630. The van der Waals surface area contributed by atoms with E-state index in [1.165, 1.54) is 6.07 Å². The van der Waals surface area contributed by atoms with Crippen LogP contribution in [0.4, 0.5) is 4.39 Å². The second kappa shape index (κ2) is 5.35. The molecule has 110 valence electrons. The van der Waals surface area contributed by atoms with Crippen molar-refractivity contribution in [2.75, 3.05) is 0 Å². The van der Waals surface area contributed by atoms with Crippen molar-refractivity contribution in [3.05, 3.63) is 52.5 Å². The maximum absolute atomic E-state index is 13.6. The Morgan fingerprint density at radius 3 is 2.76 bits per heavy atom. The fraction of sp³-hybridized carbons (Fsp3) is 0.267. The number of aryl methyl sites for hydroxylation is 1. The number of rotatable bonds is 3. The molecule has 0 spiro atoms. The summed E-state index contributed by atoms with van der Waals surface area (Å²) in [7, 11) is 0. The third-order valence-electron chi connectivity index (χ3n) is 3.29. The Hall–Kier alpha value is -1.52. The van der Waals surface area contributed by atoms with Crippen molar-refractivity contribution in [2.24, 2.45) is 0 Å². The molecule has 1 unspecified atom stereocenters. The standard InChI is InChI=1S/C15H13Cl2FN2O/c1-8-3-4-10(21-8)7-20-14-5-11(17)12(18)6-13(14)19-15(20)9(2)16/h3-6,9H,7H2,1-2H3. The Bertz CT molecular complexity index is 807. The van der Waals surface area contributed by atoms with Crippen LogP contribution in [0.2, 0.25) is 5.02 Å². The minimum Gasteiger partial charge on any atom is -0.464 e. The molecule has 0 aliphatic rings. The summed E-state index contributed by atoms with van der Waals surface area (Å²) in [5, 5.41) is -0.247. The number of imidazole rings is 1. The highest BCUT2D eigenvalue weighted by molar-refractivity contribution is 6.31. The summed E-state index contributed by atoms with van der Waals surface area (Å²) in [5.74, 6) is 1.78. The van der Waals surface area contributed by atoms with Crippen LogP contribution in [0.5, 0.6) is 0 Å². The molecule has 0 saturated heterocycles. The van der Waals surface area contributed by atoms with Gasteiger partial charge in [0.1, 0.15) is 23.2 Å². The summed E-state index contributed by atoms with van der Waals surface area (Å²) in [6.07, 6.45) is 0. The number of halogens is 3. The number of aromatic nitrogens is 2. The van der Waals surface area contributed by atoms with Crippen LogP contribution >= 0.6 is 23.2 Å². The first-order valence-electron chi connectivity index (χ1n) is 6.50. The molecule has 0 aliphatic heterocycles. The van der Waals surface area contributed by atoms with E-state index in [0.717, 1.165) is 17.0 Å². The lowest BCUT2D eigenvalue weighted by Gasteiger charge is -2.09. The van der Waals surface area contributed by atoms with Gasteiger partial charge in [-0.15, -0.1) is 11.6 Å². The maximum atomic E-state index is 13.6. The summed E-state index contributed by atoms with van der Waals surface area (Å²) >= 11 is 12.1. The van der Waals surface area contributed by atoms with E-state index in [4.69, 9.17) is 27.6 Å². The molecule has 0 aliphatic carbocycles. The number of benzene rings is 1. The predicted molar refractivity (Wildman–Crippen MR) is 81.5 cm³/mol. The fourth-order valence-corrected chi connectivity index (χ4v) is 2.66. The van der Waals surface area contributed by atoms with Crippen molar-refractivity contribution in [1.82, 2.24) is 9.55 Å². The van der Waals surface area contributed by atoms with Crippen LogP contribution < -0.4 is 0 Å². The monoisotopic (exact) mass is 326 g/mol. The van der Waals surface area contributed by atoms with E-state index in [2.05, 4.69) is 4.98 Å². The number of alkyl halides is 1. The second-order valence-corrected chi connectivity index (χ2v) is 6.00. The van der Waals surface area contributed by atoms with Crippen molar-refractivity contribution in [2.45, 2.75) is 25.8 Å². The summed E-state index contributed by atoms with van der Waals surface area (Å²) in [4.78, 5) is 4.41. The zero-order valence-corrected chi connectivity index (χ0v) is 13.0.